The standard InChI is InChI=1S/C30H40N4O4S/c1-4-32(5-2)21-12-14-22(15-13-21)33-19-10-16-30-25(24-23(39-30)11-9-17-31(3)27(24)36)28(37)34(26(30)29(33)38)18-7-6-8-20-35/h9-16,23-26,35H,4-8,17-20H2,1-3H3/t23-,24+,25+,26?,30+/m1/s1. The molecule has 1 aromatic rings. The van der Waals surface area contributed by atoms with E-state index in [0.717, 1.165) is 30.9 Å². The summed E-state index contributed by atoms with van der Waals surface area (Å²) in [6.45, 7) is 7.55. The molecule has 39 heavy (non-hydrogen) atoms. The van der Waals surface area contributed by atoms with Gasteiger partial charge in [0.25, 0.3) is 5.91 Å². The zero-order valence-electron chi connectivity index (χ0n) is 23.2. The molecule has 9 heteroatoms. The molecule has 1 spiro atoms. The minimum Gasteiger partial charge on any atom is -0.396 e. The van der Waals surface area contributed by atoms with Gasteiger partial charge in [-0.1, -0.05) is 24.3 Å². The van der Waals surface area contributed by atoms with Crippen molar-refractivity contribution in [3.63, 3.8) is 0 Å². The molecule has 1 N–H and O–H groups in total. The van der Waals surface area contributed by atoms with Crippen molar-refractivity contribution in [1.29, 1.82) is 0 Å². The summed E-state index contributed by atoms with van der Waals surface area (Å²) in [5, 5.41) is 9.11. The Hall–Kier alpha value is -2.78. The molecule has 0 radical (unpaired) electrons. The van der Waals surface area contributed by atoms with Crippen LogP contribution in [0.4, 0.5) is 11.4 Å². The fourth-order valence-corrected chi connectivity index (χ4v) is 8.74. The topological polar surface area (TPSA) is 84.4 Å². The van der Waals surface area contributed by atoms with Gasteiger partial charge in [0.2, 0.25) is 11.8 Å². The van der Waals surface area contributed by atoms with Gasteiger partial charge in [0.15, 0.2) is 0 Å². The fourth-order valence-electron chi connectivity index (χ4n) is 6.74. The highest BCUT2D eigenvalue weighted by molar-refractivity contribution is 8.02. The molecule has 4 heterocycles. The van der Waals surface area contributed by atoms with E-state index in [0.29, 0.717) is 32.5 Å². The first-order valence-electron chi connectivity index (χ1n) is 14.2. The first-order chi connectivity index (χ1) is 18.9. The number of carbonyl (C=O) groups is 3. The molecule has 210 valence electrons. The lowest BCUT2D eigenvalue weighted by atomic mass is 9.78. The van der Waals surface area contributed by atoms with E-state index >= 15 is 0 Å². The molecular weight excluding hydrogens is 512 g/mol. The lowest BCUT2D eigenvalue weighted by Crippen LogP contribution is -2.53. The summed E-state index contributed by atoms with van der Waals surface area (Å²) < 4.78 is -0.797. The second-order valence-corrected chi connectivity index (χ2v) is 12.3. The minimum absolute atomic E-state index is 0.0254. The van der Waals surface area contributed by atoms with Crippen molar-refractivity contribution < 1.29 is 19.5 Å². The van der Waals surface area contributed by atoms with E-state index in [9.17, 15) is 19.5 Å². The SMILES string of the molecule is CCN(CC)c1ccc(N2CC=C[C@]34S[C@@H]5C=CCN(C)C(=O)[C@@H]5[C@H]3C(=O)N(CCCCCO)C4C2=O)cc1. The number of aliphatic hydroxyl groups excluding tert-OH is 1. The molecule has 4 aliphatic rings. The van der Waals surface area contributed by atoms with Crippen LogP contribution in [0.1, 0.15) is 33.1 Å². The molecule has 0 aromatic heterocycles. The average molecular weight is 553 g/mol. The third-order valence-electron chi connectivity index (χ3n) is 8.71. The van der Waals surface area contributed by atoms with Crippen molar-refractivity contribution in [2.45, 2.75) is 49.1 Å². The van der Waals surface area contributed by atoms with Crippen molar-refractivity contribution in [2.75, 3.05) is 56.2 Å². The quantitative estimate of drug-likeness (QED) is 0.375. The highest BCUT2D eigenvalue weighted by Gasteiger charge is 2.70. The van der Waals surface area contributed by atoms with E-state index in [1.807, 2.05) is 24.3 Å². The number of fused-ring (bicyclic) bond motifs is 2. The van der Waals surface area contributed by atoms with Crippen LogP contribution in [0, 0.1) is 11.8 Å². The predicted octanol–water partition coefficient (Wildman–Crippen LogP) is 2.92. The molecule has 0 bridgehead atoms. The Kier molecular flexibility index (Phi) is 8.10. The van der Waals surface area contributed by atoms with Gasteiger partial charge >= 0.3 is 0 Å². The third kappa shape index (κ3) is 4.67. The molecule has 0 saturated carbocycles. The summed E-state index contributed by atoms with van der Waals surface area (Å²) >= 11 is 1.62. The molecule has 2 saturated heterocycles. The first-order valence-corrected chi connectivity index (χ1v) is 15.1. The predicted molar refractivity (Wildman–Crippen MR) is 156 cm³/mol. The molecule has 4 aliphatic heterocycles. The molecule has 8 nitrogen and oxygen atoms in total. The summed E-state index contributed by atoms with van der Waals surface area (Å²) in [7, 11) is 1.78. The highest BCUT2D eigenvalue weighted by atomic mass is 32.2. The zero-order valence-corrected chi connectivity index (χ0v) is 24.0. The minimum atomic E-state index is -0.797. The van der Waals surface area contributed by atoms with E-state index in [1.165, 1.54) is 0 Å². The normalized spacial score (nSPS) is 29.8. The van der Waals surface area contributed by atoms with E-state index < -0.39 is 22.6 Å². The second kappa shape index (κ2) is 11.4. The Bertz CT molecular complexity index is 1150. The molecule has 2 fully saturated rings. The molecule has 3 amide bonds. The lowest BCUT2D eigenvalue weighted by Gasteiger charge is -2.35. The molecule has 0 aliphatic carbocycles. The van der Waals surface area contributed by atoms with Crippen LogP contribution in [0.3, 0.4) is 0 Å². The van der Waals surface area contributed by atoms with Gasteiger partial charge in [-0.3, -0.25) is 14.4 Å². The van der Waals surface area contributed by atoms with Gasteiger partial charge < -0.3 is 24.7 Å². The molecular formula is C30H40N4O4S. The number of aliphatic hydroxyl groups is 1. The highest BCUT2D eigenvalue weighted by Crippen LogP contribution is 2.61. The van der Waals surface area contributed by atoms with Crippen LogP contribution in [0.15, 0.2) is 48.6 Å². The Labute approximate surface area is 235 Å². The summed E-state index contributed by atoms with van der Waals surface area (Å²) in [5.74, 6) is -1.30. The maximum Gasteiger partial charge on any atom is 0.251 e. The number of anilines is 2. The van der Waals surface area contributed by atoms with Crippen LogP contribution in [0.25, 0.3) is 0 Å². The number of hydrogen-bond donors (Lipinski definition) is 1. The zero-order chi connectivity index (χ0) is 27.7. The van der Waals surface area contributed by atoms with Crippen molar-refractivity contribution >= 4 is 40.9 Å². The summed E-state index contributed by atoms with van der Waals surface area (Å²) in [4.78, 5) is 49.7. The number of thioether (sulfide) groups is 1. The number of nitrogens with zero attached hydrogens (tertiary/aromatic N) is 4. The molecule has 5 rings (SSSR count). The average Bonchev–Trinajstić information content (AvgIpc) is 3.26. The fraction of sp³-hybridized carbons (Fsp3) is 0.567. The van der Waals surface area contributed by atoms with Crippen molar-refractivity contribution in [1.82, 2.24) is 9.80 Å². The Balaban J connectivity index is 1.52. The van der Waals surface area contributed by atoms with Crippen molar-refractivity contribution in [3.05, 3.63) is 48.6 Å². The maximum atomic E-state index is 14.5. The number of unbranched alkanes of at least 4 members (excludes halogenated alkanes) is 2. The Morgan fingerprint density at radius 3 is 2.41 bits per heavy atom. The van der Waals surface area contributed by atoms with Crippen LogP contribution in [0.5, 0.6) is 0 Å². The van der Waals surface area contributed by atoms with Crippen LogP contribution >= 0.6 is 11.8 Å². The lowest BCUT2D eigenvalue weighted by molar-refractivity contribution is -0.142. The summed E-state index contributed by atoms with van der Waals surface area (Å²) in [5.41, 5.74) is 1.92. The molecule has 1 aromatic carbocycles. The summed E-state index contributed by atoms with van der Waals surface area (Å²) in [6, 6.07) is 7.40. The van der Waals surface area contributed by atoms with E-state index in [1.54, 1.807) is 33.5 Å². The number of benzene rings is 1. The van der Waals surface area contributed by atoms with Crippen LogP contribution in [-0.4, -0.2) is 95.0 Å². The third-order valence-corrected chi connectivity index (χ3v) is 10.5. The van der Waals surface area contributed by atoms with E-state index in [2.05, 4.69) is 43.0 Å². The maximum absolute atomic E-state index is 14.5. The largest absolute Gasteiger partial charge is 0.396 e. The Morgan fingerprint density at radius 2 is 1.72 bits per heavy atom. The monoisotopic (exact) mass is 552 g/mol. The van der Waals surface area contributed by atoms with Gasteiger partial charge in [0.05, 0.1) is 16.6 Å². The number of carbonyl (C=O) groups excluding carboxylic acids is 3. The smallest absolute Gasteiger partial charge is 0.251 e. The number of amides is 3. The van der Waals surface area contributed by atoms with Crippen LogP contribution in [0.2, 0.25) is 0 Å². The Morgan fingerprint density at radius 1 is 0.974 bits per heavy atom. The second-order valence-electron chi connectivity index (χ2n) is 10.8. The number of hydrogen-bond acceptors (Lipinski definition) is 6. The molecule has 5 atom stereocenters. The van der Waals surface area contributed by atoms with E-state index in [-0.39, 0.29) is 29.6 Å². The van der Waals surface area contributed by atoms with E-state index in [4.69, 9.17) is 0 Å². The van der Waals surface area contributed by atoms with Gasteiger partial charge in [0, 0.05) is 63.0 Å². The van der Waals surface area contributed by atoms with Crippen molar-refractivity contribution in [3.8, 4) is 0 Å². The summed E-state index contributed by atoms with van der Waals surface area (Å²) in [6.07, 6.45) is 10.3. The van der Waals surface area contributed by atoms with Crippen molar-refractivity contribution in [2.24, 2.45) is 11.8 Å². The van der Waals surface area contributed by atoms with Gasteiger partial charge in [-0.2, -0.15) is 0 Å². The van der Waals surface area contributed by atoms with Gasteiger partial charge in [0.1, 0.15) is 6.04 Å². The van der Waals surface area contributed by atoms with Gasteiger partial charge in [-0.05, 0) is 57.4 Å². The van der Waals surface area contributed by atoms with Crippen LogP contribution in [-0.2, 0) is 14.4 Å². The number of likely N-dealkylation sites (tertiary alicyclic amines) is 1. The first kappa shape index (κ1) is 27.8. The number of rotatable bonds is 9. The van der Waals surface area contributed by atoms with Gasteiger partial charge in [-0.25, -0.2) is 0 Å². The van der Waals surface area contributed by atoms with Crippen LogP contribution < -0.4 is 9.80 Å². The molecule has 1 unspecified atom stereocenters. The van der Waals surface area contributed by atoms with Gasteiger partial charge in [-0.15, -0.1) is 11.8 Å². The number of likely N-dealkylation sites (N-methyl/N-ethyl adjacent to an activating group) is 1.